The molecule has 5 aromatic rings. The van der Waals surface area contributed by atoms with Crippen LogP contribution in [0.25, 0.3) is 38.6 Å². The summed E-state index contributed by atoms with van der Waals surface area (Å²) in [4.78, 5) is 2.44. The van der Waals surface area contributed by atoms with E-state index in [1.54, 1.807) is 11.3 Å². The molecule has 0 fully saturated rings. The molecular weight excluding hydrogens is 386 g/mol. The Kier molecular flexibility index (Phi) is 3.95. The SMILES string of the molecule is Cc1ccc2c(c1)c1c(n2-c2cscc2-c2ccc3c(ccn3C)c2)CCN(C)C1. The van der Waals surface area contributed by atoms with E-state index < -0.39 is 0 Å². The van der Waals surface area contributed by atoms with Gasteiger partial charge in [0.1, 0.15) is 0 Å². The summed E-state index contributed by atoms with van der Waals surface area (Å²) in [5, 5.41) is 7.33. The minimum atomic E-state index is 1.03. The molecule has 150 valence electrons. The number of aryl methyl sites for hydroxylation is 2. The van der Waals surface area contributed by atoms with Gasteiger partial charge in [-0.05, 0) is 55.4 Å². The summed E-state index contributed by atoms with van der Waals surface area (Å²) >= 11 is 1.80. The molecule has 0 saturated carbocycles. The topological polar surface area (TPSA) is 13.1 Å². The maximum absolute atomic E-state index is 2.54. The lowest BCUT2D eigenvalue weighted by molar-refractivity contribution is 0.311. The molecule has 1 aliphatic heterocycles. The number of rotatable bonds is 2. The number of thiophene rings is 1. The maximum Gasteiger partial charge on any atom is 0.0644 e. The highest BCUT2D eigenvalue weighted by Crippen LogP contribution is 2.39. The van der Waals surface area contributed by atoms with E-state index in [-0.39, 0.29) is 0 Å². The van der Waals surface area contributed by atoms with Crippen molar-refractivity contribution in [3.63, 3.8) is 0 Å². The highest BCUT2D eigenvalue weighted by molar-refractivity contribution is 7.08. The minimum absolute atomic E-state index is 1.03. The van der Waals surface area contributed by atoms with E-state index in [1.807, 2.05) is 0 Å². The summed E-state index contributed by atoms with van der Waals surface area (Å²) in [7, 11) is 4.34. The van der Waals surface area contributed by atoms with Crippen LogP contribution in [0.15, 0.2) is 59.4 Å². The summed E-state index contributed by atoms with van der Waals surface area (Å²) in [5.74, 6) is 0. The van der Waals surface area contributed by atoms with Crippen LogP contribution in [-0.4, -0.2) is 27.6 Å². The molecule has 0 atom stereocenters. The molecule has 30 heavy (non-hydrogen) atoms. The van der Waals surface area contributed by atoms with Gasteiger partial charge in [0.25, 0.3) is 0 Å². The first kappa shape index (κ1) is 18.0. The zero-order chi connectivity index (χ0) is 20.4. The molecule has 4 heterocycles. The van der Waals surface area contributed by atoms with Gasteiger partial charge >= 0.3 is 0 Å². The Balaban J connectivity index is 1.60. The molecule has 3 aromatic heterocycles. The lowest BCUT2D eigenvalue weighted by Crippen LogP contribution is -2.27. The van der Waals surface area contributed by atoms with Crippen LogP contribution in [-0.2, 0) is 20.0 Å². The third-order valence-corrected chi connectivity index (χ3v) is 7.30. The van der Waals surface area contributed by atoms with Crippen molar-refractivity contribution < 1.29 is 0 Å². The zero-order valence-electron chi connectivity index (χ0n) is 17.6. The second-order valence-electron chi connectivity index (χ2n) is 8.64. The van der Waals surface area contributed by atoms with Gasteiger partial charge in [0.2, 0.25) is 0 Å². The third kappa shape index (κ3) is 2.60. The van der Waals surface area contributed by atoms with Gasteiger partial charge in [0.15, 0.2) is 0 Å². The Bertz CT molecular complexity index is 1420. The Morgan fingerprint density at radius 1 is 0.933 bits per heavy atom. The molecule has 0 aliphatic carbocycles. The summed E-state index contributed by atoms with van der Waals surface area (Å²) < 4.78 is 4.72. The molecule has 0 unspecified atom stereocenters. The molecule has 0 bridgehead atoms. The van der Waals surface area contributed by atoms with Gasteiger partial charge < -0.3 is 14.0 Å². The average molecular weight is 412 g/mol. The van der Waals surface area contributed by atoms with Crippen molar-refractivity contribution in [1.82, 2.24) is 14.0 Å². The predicted molar refractivity (Wildman–Crippen MR) is 128 cm³/mol. The molecule has 1 aliphatic rings. The van der Waals surface area contributed by atoms with E-state index in [9.17, 15) is 0 Å². The first-order chi connectivity index (χ1) is 14.6. The monoisotopic (exact) mass is 411 g/mol. The van der Waals surface area contributed by atoms with Gasteiger partial charge in [0.05, 0.1) is 11.2 Å². The summed E-state index contributed by atoms with van der Waals surface area (Å²) in [6.07, 6.45) is 3.23. The van der Waals surface area contributed by atoms with Gasteiger partial charge in [-0.15, -0.1) is 11.3 Å². The fourth-order valence-corrected chi connectivity index (χ4v) is 5.83. The van der Waals surface area contributed by atoms with Gasteiger partial charge in [-0.1, -0.05) is 17.7 Å². The van der Waals surface area contributed by atoms with Crippen LogP contribution in [0.4, 0.5) is 0 Å². The Labute approximate surface area is 180 Å². The van der Waals surface area contributed by atoms with Crippen molar-refractivity contribution in [2.75, 3.05) is 13.6 Å². The van der Waals surface area contributed by atoms with Crippen LogP contribution in [0.5, 0.6) is 0 Å². The number of nitrogens with zero attached hydrogens (tertiary/aromatic N) is 3. The van der Waals surface area contributed by atoms with Crippen molar-refractivity contribution in [2.45, 2.75) is 19.9 Å². The van der Waals surface area contributed by atoms with Crippen LogP contribution >= 0.6 is 11.3 Å². The van der Waals surface area contributed by atoms with Crippen molar-refractivity contribution in [3.8, 4) is 16.8 Å². The quantitative estimate of drug-likeness (QED) is 0.340. The van der Waals surface area contributed by atoms with E-state index in [0.717, 1.165) is 19.5 Å². The molecule has 6 rings (SSSR count). The summed E-state index contributed by atoms with van der Waals surface area (Å²) in [6, 6.07) is 16.0. The largest absolute Gasteiger partial charge is 0.351 e. The Morgan fingerprint density at radius 2 is 1.80 bits per heavy atom. The highest BCUT2D eigenvalue weighted by atomic mass is 32.1. The molecule has 0 amide bonds. The van der Waals surface area contributed by atoms with E-state index in [4.69, 9.17) is 0 Å². The number of hydrogen-bond donors (Lipinski definition) is 0. The van der Waals surface area contributed by atoms with E-state index in [1.165, 1.54) is 55.4 Å². The summed E-state index contributed by atoms with van der Waals surface area (Å²) in [6.45, 7) is 4.33. The third-order valence-electron chi connectivity index (χ3n) is 6.57. The lowest BCUT2D eigenvalue weighted by Gasteiger charge is -2.24. The molecule has 3 nitrogen and oxygen atoms in total. The van der Waals surface area contributed by atoms with Crippen LogP contribution < -0.4 is 0 Å². The van der Waals surface area contributed by atoms with E-state index >= 15 is 0 Å². The number of benzene rings is 2. The molecule has 0 N–H and O–H groups in total. The number of fused-ring (bicyclic) bond motifs is 4. The normalized spacial score (nSPS) is 14.6. The second-order valence-corrected chi connectivity index (χ2v) is 9.38. The molecule has 0 saturated heterocycles. The molecule has 0 radical (unpaired) electrons. The Hall–Kier alpha value is -2.82. The zero-order valence-corrected chi connectivity index (χ0v) is 18.5. The van der Waals surface area contributed by atoms with E-state index in [2.05, 4.69) is 94.5 Å². The van der Waals surface area contributed by atoms with Crippen molar-refractivity contribution in [1.29, 1.82) is 0 Å². The van der Waals surface area contributed by atoms with Crippen molar-refractivity contribution in [3.05, 3.63) is 76.2 Å². The maximum atomic E-state index is 2.54. The van der Waals surface area contributed by atoms with Crippen LogP contribution in [0, 0.1) is 6.92 Å². The fourth-order valence-electron chi connectivity index (χ4n) is 5.01. The summed E-state index contributed by atoms with van der Waals surface area (Å²) in [5.41, 5.74) is 10.8. The predicted octanol–water partition coefficient (Wildman–Crippen LogP) is 6.15. The molecular formula is C26H25N3S. The number of hydrogen-bond acceptors (Lipinski definition) is 2. The molecule has 2 aromatic carbocycles. The number of aromatic nitrogens is 2. The first-order valence-electron chi connectivity index (χ1n) is 10.5. The molecule has 0 spiro atoms. The highest BCUT2D eigenvalue weighted by Gasteiger charge is 2.24. The van der Waals surface area contributed by atoms with Gasteiger partial charge in [-0.25, -0.2) is 0 Å². The van der Waals surface area contributed by atoms with Crippen LogP contribution in [0.2, 0.25) is 0 Å². The van der Waals surface area contributed by atoms with Crippen LogP contribution in [0.3, 0.4) is 0 Å². The lowest BCUT2D eigenvalue weighted by atomic mass is 10.0. The average Bonchev–Trinajstić information content (AvgIpc) is 3.43. The standard InChI is InChI=1S/C26H25N3S/c1-17-4-6-24-20(12-17)21-14-27(2)10-9-25(21)29(24)26-16-30-15-22(26)18-5-7-23-19(13-18)8-11-28(23)3/h4-8,11-13,15-16H,9-10,14H2,1-3H3. The molecule has 4 heteroatoms. The van der Waals surface area contributed by atoms with Crippen LogP contribution in [0.1, 0.15) is 16.8 Å². The number of likely N-dealkylation sites (N-methyl/N-ethyl adjacent to an activating group) is 1. The van der Waals surface area contributed by atoms with Crippen molar-refractivity contribution >= 4 is 33.1 Å². The second kappa shape index (κ2) is 6.59. The van der Waals surface area contributed by atoms with Crippen molar-refractivity contribution in [2.24, 2.45) is 7.05 Å². The van der Waals surface area contributed by atoms with Gasteiger partial charge in [-0.3, -0.25) is 0 Å². The minimum Gasteiger partial charge on any atom is -0.351 e. The smallest absolute Gasteiger partial charge is 0.0644 e. The Morgan fingerprint density at radius 3 is 2.70 bits per heavy atom. The first-order valence-corrected chi connectivity index (χ1v) is 11.5. The van der Waals surface area contributed by atoms with Gasteiger partial charge in [0, 0.05) is 71.1 Å². The van der Waals surface area contributed by atoms with Gasteiger partial charge in [-0.2, -0.15) is 0 Å². The fraction of sp³-hybridized carbons (Fsp3) is 0.231. The van der Waals surface area contributed by atoms with E-state index in [0.29, 0.717) is 0 Å².